The molecule has 1 amide bonds. The molecule has 4 heteroatoms. The van der Waals surface area contributed by atoms with Crippen LogP contribution in [0.5, 0.6) is 5.75 Å². The minimum Gasteiger partial charge on any atom is -0.497 e. The molecule has 0 spiro atoms. The van der Waals surface area contributed by atoms with Gasteiger partial charge >= 0.3 is 0 Å². The average Bonchev–Trinajstić information content (AvgIpc) is 2.44. The summed E-state index contributed by atoms with van der Waals surface area (Å²) < 4.78 is 5.27. The van der Waals surface area contributed by atoms with Crippen LogP contribution in [0.15, 0.2) is 35.5 Å². The first kappa shape index (κ1) is 14.8. The molecule has 1 aromatic carbocycles. The summed E-state index contributed by atoms with van der Waals surface area (Å²) in [5, 5.41) is 2.92. The second kappa shape index (κ2) is 5.27. The molecule has 1 atom stereocenters. The number of nitrogens with one attached hydrogen (secondary N) is 1. The van der Waals surface area contributed by atoms with Crippen LogP contribution in [0.4, 0.5) is 0 Å². The smallest absolute Gasteiger partial charge is 0.225 e. The highest BCUT2D eigenvalue weighted by atomic mass is 16.5. The number of methoxy groups -OCH3 is 1. The van der Waals surface area contributed by atoms with Gasteiger partial charge in [0.1, 0.15) is 5.75 Å². The Morgan fingerprint density at radius 2 is 2.00 bits per heavy atom. The van der Waals surface area contributed by atoms with E-state index in [1.807, 2.05) is 24.3 Å². The summed E-state index contributed by atoms with van der Waals surface area (Å²) in [6, 6.07) is 7.65. The monoisotopic (exact) mass is 299 g/mol. The normalized spacial score (nSPS) is 23.9. The van der Waals surface area contributed by atoms with Crippen LogP contribution < -0.4 is 10.1 Å². The molecule has 0 bridgehead atoms. The topological polar surface area (TPSA) is 55.4 Å². The fourth-order valence-electron chi connectivity index (χ4n) is 3.50. The maximum atomic E-state index is 12.6. The average molecular weight is 299 g/mol. The number of amides is 1. The molecule has 0 unspecified atom stereocenters. The van der Waals surface area contributed by atoms with E-state index in [2.05, 4.69) is 19.2 Å². The van der Waals surface area contributed by atoms with E-state index >= 15 is 0 Å². The molecule has 1 aromatic rings. The van der Waals surface area contributed by atoms with Gasteiger partial charge in [0.15, 0.2) is 5.78 Å². The summed E-state index contributed by atoms with van der Waals surface area (Å²) in [5.41, 5.74) is 2.46. The zero-order valence-corrected chi connectivity index (χ0v) is 13.2. The van der Waals surface area contributed by atoms with Crippen molar-refractivity contribution in [1.82, 2.24) is 5.32 Å². The summed E-state index contributed by atoms with van der Waals surface area (Å²) in [4.78, 5) is 24.7. The molecule has 1 aliphatic carbocycles. The second-order valence-corrected chi connectivity index (χ2v) is 6.91. The van der Waals surface area contributed by atoms with Crippen molar-refractivity contribution in [3.8, 4) is 5.75 Å². The number of carbonyl (C=O) groups is 2. The van der Waals surface area contributed by atoms with Crippen molar-refractivity contribution in [2.45, 2.75) is 39.0 Å². The predicted octanol–water partition coefficient (Wildman–Crippen LogP) is 2.94. The molecule has 2 aliphatic rings. The highest BCUT2D eigenvalue weighted by Crippen LogP contribution is 2.44. The maximum Gasteiger partial charge on any atom is 0.225 e. The number of rotatable bonds is 2. The van der Waals surface area contributed by atoms with Gasteiger partial charge < -0.3 is 10.1 Å². The summed E-state index contributed by atoms with van der Waals surface area (Å²) in [6.07, 6.45) is 1.58. The predicted molar refractivity (Wildman–Crippen MR) is 83.5 cm³/mol. The highest BCUT2D eigenvalue weighted by Gasteiger charge is 2.40. The molecular weight excluding hydrogens is 278 g/mol. The molecule has 1 heterocycles. The quantitative estimate of drug-likeness (QED) is 0.913. The van der Waals surface area contributed by atoms with Crippen LogP contribution in [0.2, 0.25) is 0 Å². The Morgan fingerprint density at radius 1 is 1.23 bits per heavy atom. The fourth-order valence-corrected chi connectivity index (χ4v) is 3.50. The van der Waals surface area contributed by atoms with E-state index in [1.165, 1.54) is 0 Å². The van der Waals surface area contributed by atoms with E-state index in [9.17, 15) is 9.59 Å². The lowest BCUT2D eigenvalue weighted by Gasteiger charge is -2.37. The lowest BCUT2D eigenvalue weighted by Crippen LogP contribution is -2.40. The first-order valence-corrected chi connectivity index (χ1v) is 7.60. The van der Waals surface area contributed by atoms with E-state index < -0.39 is 0 Å². The van der Waals surface area contributed by atoms with Gasteiger partial charge in [-0.05, 0) is 29.5 Å². The lowest BCUT2D eigenvalue weighted by molar-refractivity contribution is -0.122. The molecule has 4 nitrogen and oxygen atoms in total. The highest BCUT2D eigenvalue weighted by molar-refractivity contribution is 6.02. The molecule has 1 N–H and O–H groups in total. The second-order valence-electron chi connectivity index (χ2n) is 6.91. The summed E-state index contributed by atoms with van der Waals surface area (Å²) in [6.45, 7) is 4.13. The number of allylic oxidation sites excluding steroid dienone is 2. The number of ketones is 1. The van der Waals surface area contributed by atoms with Crippen LogP contribution in [-0.2, 0) is 9.59 Å². The van der Waals surface area contributed by atoms with Crippen LogP contribution in [0, 0.1) is 5.41 Å². The number of benzene rings is 1. The van der Waals surface area contributed by atoms with Crippen LogP contribution in [0.1, 0.15) is 44.6 Å². The molecular formula is C18H21NO3. The molecule has 116 valence electrons. The van der Waals surface area contributed by atoms with Crippen LogP contribution in [0.3, 0.4) is 0 Å². The van der Waals surface area contributed by atoms with Gasteiger partial charge in [0.25, 0.3) is 0 Å². The SMILES string of the molecule is COc1cccc([C@@H]2CC(=O)NC3=C2C(=O)CC(C)(C)C3)c1. The molecule has 0 radical (unpaired) electrons. The van der Waals surface area contributed by atoms with Crippen LogP contribution in [-0.4, -0.2) is 18.8 Å². The van der Waals surface area contributed by atoms with Crippen LogP contribution >= 0.6 is 0 Å². The molecule has 22 heavy (non-hydrogen) atoms. The maximum absolute atomic E-state index is 12.6. The molecule has 0 saturated heterocycles. The van der Waals surface area contributed by atoms with E-state index in [-0.39, 0.29) is 23.0 Å². The Morgan fingerprint density at radius 3 is 2.73 bits per heavy atom. The van der Waals surface area contributed by atoms with Crippen molar-refractivity contribution in [1.29, 1.82) is 0 Å². The molecule has 0 aromatic heterocycles. The minimum absolute atomic E-state index is 0.0166. The summed E-state index contributed by atoms with van der Waals surface area (Å²) >= 11 is 0. The lowest BCUT2D eigenvalue weighted by atomic mass is 9.70. The zero-order valence-electron chi connectivity index (χ0n) is 13.2. The Balaban J connectivity index is 2.06. The van der Waals surface area contributed by atoms with Crippen molar-refractivity contribution >= 4 is 11.7 Å². The van der Waals surface area contributed by atoms with E-state index in [0.717, 1.165) is 29.0 Å². The van der Waals surface area contributed by atoms with Gasteiger partial charge in [0.2, 0.25) is 5.91 Å². The Labute approximate surface area is 130 Å². The Bertz CT molecular complexity index is 673. The molecule has 3 rings (SSSR count). The third kappa shape index (κ3) is 2.65. The Hall–Kier alpha value is -2.10. The van der Waals surface area contributed by atoms with Gasteiger partial charge in [-0.25, -0.2) is 0 Å². The van der Waals surface area contributed by atoms with E-state index in [0.29, 0.717) is 12.8 Å². The standard InChI is InChI=1S/C18H21NO3/c1-18(2)9-14-17(15(20)10-18)13(8-16(21)19-14)11-5-4-6-12(7-11)22-3/h4-7,13H,8-10H2,1-3H3,(H,19,21)/t13-/m0/s1. The van der Waals surface area contributed by atoms with Crippen LogP contribution in [0.25, 0.3) is 0 Å². The van der Waals surface area contributed by atoms with Crippen molar-refractivity contribution in [2.75, 3.05) is 7.11 Å². The van der Waals surface area contributed by atoms with Gasteiger partial charge in [-0.3, -0.25) is 9.59 Å². The van der Waals surface area contributed by atoms with Gasteiger partial charge in [-0.1, -0.05) is 26.0 Å². The summed E-state index contributed by atoms with van der Waals surface area (Å²) in [7, 11) is 1.62. The van der Waals surface area contributed by atoms with Crippen molar-refractivity contribution in [3.05, 3.63) is 41.1 Å². The van der Waals surface area contributed by atoms with Gasteiger partial charge in [0.05, 0.1) is 7.11 Å². The van der Waals surface area contributed by atoms with E-state index in [4.69, 9.17) is 4.74 Å². The van der Waals surface area contributed by atoms with Gasteiger partial charge in [0, 0.05) is 30.0 Å². The third-order valence-electron chi connectivity index (χ3n) is 4.44. The van der Waals surface area contributed by atoms with Crippen molar-refractivity contribution < 1.29 is 14.3 Å². The largest absolute Gasteiger partial charge is 0.497 e. The van der Waals surface area contributed by atoms with Crippen molar-refractivity contribution in [3.63, 3.8) is 0 Å². The minimum atomic E-state index is -0.164. The number of hydrogen-bond acceptors (Lipinski definition) is 3. The Kier molecular flexibility index (Phi) is 3.55. The first-order chi connectivity index (χ1) is 10.4. The first-order valence-electron chi connectivity index (χ1n) is 7.60. The molecule has 0 fully saturated rings. The number of hydrogen-bond donors (Lipinski definition) is 1. The van der Waals surface area contributed by atoms with Gasteiger partial charge in [-0.2, -0.15) is 0 Å². The number of carbonyl (C=O) groups excluding carboxylic acids is 2. The van der Waals surface area contributed by atoms with Crippen molar-refractivity contribution in [2.24, 2.45) is 5.41 Å². The van der Waals surface area contributed by atoms with Gasteiger partial charge in [-0.15, -0.1) is 0 Å². The fraction of sp³-hybridized carbons (Fsp3) is 0.444. The third-order valence-corrected chi connectivity index (χ3v) is 4.44. The van der Waals surface area contributed by atoms with E-state index in [1.54, 1.807) is 7.11 Å². The molecule has 0 saturated carbocycles. The number of ether oxygens (including phenoxy) is 1. The summed E-state index contributed by atoms with van der Waals surface area (Å²) in [5.74, 6) is 0.716. The zero-order chi connectivity index (χ0) is 15.9. The molecule has 1 aliphatic heterocycles. The number of Topliss-reactive ketones (excluding diaryl/α,β-unsaturated/α-hetero) is 1.